The van der Waals surface area contributed by atoms with Crippen molar-refractivity contribution < 1.29 is 4.42 Å². The fraction of sp³-hybridized carbons (Fsp3) is 0.0833. The largest absolute Gasteiger partial charge is 0.422 e. The molecule has 1 N–H and O–H groups in total. The van der Waals surface area contributed by atoms with Gasteiger partial charge in [0, 0.05) is 21.9 Å². The zero-order chi connectivity index (χ0) is 20.7. The first kappa shape index (κ1) is 18.9. The summed E-state index contributed by atoms with van der Waals surface area (Å²) < 4.78 is 5.55. The van der Waals surface area contributed by atoms with Crippen LogP contribution in [0.5, 0.6) is 0 Å². The van der Waals surface area contributed by atoms with Gasteiger partial charge in [0.15, 0.2) is 0 Å². The molecule has 0 fully saturated rings. The Morgan fingerprint density at radius 2 is 1.77 bits per heavy atom. The number of anilines is 1. The van der Waals surface area contributed by atoms with Crippen LogP contribution in [0.2, 0.25) is 10.0 Å². The third-order valence-electron chi connectivity index (χ3n) is 5.18. The van der Waals surface area contributed by atoms with Crippen LogP contribution in [0.25, 0.3) is 11.0 Å². The zero-order valence-electron chi connectivity index (χ0n) is 15.7. The van der Waals surface area contributed by atoms with Gasteiger partial charge >= 0.3 is 5.63 Å². The van der Waals surface area contributed by atoms with Crippen molar-refractivity contribution in [1.29, 1.82) is 0 Å². The number of hydrogen-bond donors (Lipinski definition) is 1. The highest BCUT2D eigenvalue weighted by Crippen LogP contribution is 2.37. The van der Waals surface area contributed by atoms with E-state index in [4.69, 9.17) is 32.6 Å². The number of hydrogen-bond acceptors (Lipinski definition) is 4. The van der Waals surface area contributed by atoms with Crippen LogP contribution in [0.3, 0.4) is 0 Å². The van der Waals surface area contributed by atoms with Gasteiger partial charge in [-0.15, -0.1) is 0 Å². The average molecular weight is 435 g/mol. The van der Waals surface area contributed by atoms with Crippen LogP contribution >= 0.6 is 23.2 Å². The van der Waals surface area contributed by atoms with Crippen LogP contribution in [-0.2, 0) is 0 Å². The maximum atomic E-state index is 12.8. The van der Waals surface area contributed by atoms with Gasteiger partial charge in [-0.1, -0.05) is 59.6 Å². The van der Waals surface area contributed by atoms with Crippen LogP contribution in [0.15, 0.2) is 87.0 Å². The average Bonchev–Trinajstić information content (AvgIpc) is 2.92. The van der Waals surface area contributed by atoms with E-state index in [1.807, 2.05) is 60.7 Å². The van der Waals surface area contributed by atoms with E-state index in [9.17, 15) is 4.79 Å². The lowest BCUT2D eigenvalue weighted by Gasteiger charge is -2.20. The van der Waals surface area contributed by atoms with Gasteiger partial charge in [0.2, 0.25) is 0 Å². The first-order valence-electron chi connectivity index (χ1n) is 9.50. The number of aliphatic imine (C=N–C) groups is 1. The molecular weight excluding hydrogens is 419 g/mol. The Kier molecular flexibility index (Phi) is 4.81. The molecule has 0 spiro atoms. The number of nitrogens with zero attached hydrogens (tertiary/aromatic N) is 1. The van der Waals surface area contributed by atoms with Gasteiger partial charge in [-0.05, 0) is 42.0 Å². The van der Waals surface area contributed by atoms with E-state index in [0.717, 1.165) is 22.3 Å². The molecule has 0 saturated carbocycles. The van der Waals surface area contributed by atoms with Gasteiger partial charge in [0.05, 0.1) is 28.7 Å². The highest BCUT2D eigenvalue weighted by Gasteiger charge is 2.24. The van der Waals surface area contributed by atoms with Crippen LogP contribution in [0, 0.1) is 0 Å². The first-order valence-corrected chi connectivity index (χ1v) is 10.3. The molecule has 1 aliphatic heterocycles. The first-order chi connectivity index (χ1) is 14.6. The summed E-state index contributed by atoms with van der Waals surface area (Å²) in [6.45, 7) is 0. The standard InChI is InChI=1S/C24H16Cl2N2O2/c25-15-9-10-16(18(26)12-15)21-13-22(28-20-7-3-2-6-19(20)27-21)17-11-14-5-1-4-8-23(14)30-24(17)29/h1-12,21,27H,13H2/t21-/m0/s1. The summed E-state index contributed by atoms with van der Waals surface area (Å²) >= 11 is 12.6. The van der Waals surface area contributed by atoms with Gasteiger partial charge < -0.3 is 9.73 Å². The summed E-state index contributed by atoms with van der Waals surface area (Å²) in [6.07, 6.45) is 0.457. The Labute approximate surface area is 182 Å². The number of nitrogens with one attached hydrogen (secondary N) is 1. The second-order valence-electron chi connectivity index (χ2n) is 7.13. The molecule has 2 heterocycles. The minimum Gasteiger partial charge on any atom is -0.422 e. The summed E-state index contributed by atoms with van der Waals surface area (Å²) in [4.78, 5) is 17.6. The number of para-hydroxylation sites is 3. The normalized spacial score (nSPS) is 15.8. The van der Waals surface area contributed by atoms with Gasteiger partial charge in [-0.2, -0.15) is 0 Å². The summed E-state index contributed by atoms with van der Waals surface area (Å²) in [5.74, 6) is 0. The van der Waals surface area contributed by atoms with Gasteiger partial charge in [0.1, 0.15) is 5.58 Å². The molecular formula is C24H16Cl2N2O2. The van der Waals surface area contributed by atoms with Crippen molar-refractivity contribution in [2.45, 2.75) is 12.5 Å². The molecule has 3 aromatic carbocycles. The van der Waals surface area contributed by atoms with Crippen molar-refractivity contribution >= 4 is 51.3 Å². The molecule has 1 atom stereocenters. The SMILES string of the molecule is O=c1oc2ccccc2cc1C1=Nc2ccccc2N[C@H](c2ccc(Cl)cc2Cl)C1. The Morgan fingerprint density at radius 3 is 2.63 bits per heavy atom. The molecule has 148 valence electrons. The number of benzene rings is 3. The Bertz CT molecular complexity index is 1360. The topological polar surface area (TPSA) is 54.6 Å². The van der Waals surface area contributed by atoms with Crippen molar-refractivity contribution in [2.24, 2.45) is 4.99 Å². The highest BCUT2D eigenvalue weighted by atomic mass is 35.5. The molecule has 0 bridgehead atoms. The monoisotopic (exact) mass is 434 g/mol. The summed E-state index contributed by atoms with van der Waals surface area (Å²) in [5, 5.41) is 5.50. The fourth-order valence-electron chi connectivity index (χ4n) is 3.72. The number of fused-ring (bicyclic) bond motifs is 2. The van der Waals surface area contributed by atoms with Crippen LogP contribution in [0.1, 0.15) is 23.6 Å². The molecule has 0 aliphatic carbocycles. The minimum atomic E-state index is -0.409. The van der Waals surface area contributed by atoms with Gasteiger partial charge in [-0.3, -0.25) is 4.99 Å². The molecule has 0 radical (unpaired) electrons. The number of halogens is 2. The van der Waals surface area contributed by atoms with Crippen molar-refractivity contribution in [3.05, 3.63) is 104 Å². The molecule has 4 aromatic rings. The lowest BCUT2D eigenvalue weighted by atomic mass is 9.97. The maximum absolute atomic E-state index is 12.8. The van der Waals surface area contributed by atoms with E-state index in [2.05, 4.69) is 5.32 Å². The van der Waals surface area contributed by atoms with E-state index >= 15 is 0 Å². The van der Waals surface area contributed by atoms with Gasteiger partial charge in [-0.25, -0.2) is 4.79 Å². The molecule has 6 heteroatoms. The molecule has 30 heavy (non-hydrogen) atoms. The lowest BCUT2D eigenvalue weighted by Crippen LogP contribution is -2.19. The van der Waals surface area contributed by atoms with Crippen molar-refractivity contribution in [3.8, 4) is 0 Å². The van der Waals surface area contributed by atoms with Crippen LogP contribution in [0.4, 0.5) is 11.4 Å². The van der Waals surface area contributed by atoms with E-state index in [-0.39, 0.29) is 6.04 Å². The Balaban J connectivity index is 1.68. The smallest absolute Gasteiger partial charge is 0.345 e. The van der Waals surface area contributed by atoms with E-state index in [0.29, 0.717) is 33.3 Å². The summed E-state index contributed by atoms with van der Waals surface area (Å²) in [6, 6.07) is 22.3. The lowest BCUT2D eigenvalue weighted by molar-refractivity contribution is 0.559. The maximum Gasteiger partial charge on any atom is 0.345 e. The highest BCUT2D eigenvalue weighted by molar-refractivity contribution is 6.35. The predicted octanol–water partition coefficient (Wildman–Crippen LogP) is 6.78. The van der Waals surface area contributed by atoms with Gasteiger partial charge in [0.25, 0.3) is 0 Å². The van der Waals surface area contributed by atoms with Crippen LogP contribution < -0.4 is 10.9 Å². The Hall–Kier alpha value is -3.08. The minimum absolute atomic E-state index is 0.192. The predicted molar refractivity (Wildman–Crippen MR) is 123 cm³/mol. The molecule has 0 saturated heterocycles. The second kappa shape index (κ2) is 7.63. The van der Waals surface area contributed by atoms with Crippen LogP contribution in [-0.4, -0.2) is 5.71 Å². The molecule has 0 unspecified atom stereocenters. The number of rotatable bonds is 2. The van der Waals surface area contributed by atoms with Crippen molar-refractivity contribution in [1.82, 2.24) is 0 Å². The van der Waals surface area contributed by atoms with E-state index < -0.39 is 5.63 Å². The molecule has 5 rings (SSSR count). The third-order valence-corrected chi connectivity index (χ3v) is 5.74. The molecule has 1 aromatic heterocycles. The molecule has 0 amide bonds. The quantitative estimate of drug-likeness (QED) is 0.353. The Morgan fingerprint density at radius 1 is 0.967 bits per heavy atom. The summed E-state index contributed by atoms with van der Waals surface area (Å²) in [5.41, 5.74) is 3.74. The third kappa shape index (κ3) is 3.49. The second-order valence-corrected chi connectivity index (χ2v) is 7.97. The zero-order valence-corrected chi connectivity index (χ0v) is 17.2. The van der Waals surface area contributed by atoms with Crippen molar-refractivity contribution in [3.63, 3.8) is 0 Å². The van der Waals surface area contributed by atoms with Crippen molar-refractivity contribution in [2.75, 3.05) is 5.32 Å². The summed E-state index contributed by atoms with van der Waals surface area (Å²) in [7, 11) is 0. The fourth-order valence-corrected chi connectivity index (χ4v) is 4.26. The molecule has 4 nitrogen and oxygen atoms in total. The molecule has 1 aliphatic rings. The van der Waals surface area contributed by atoms with E-state index in [1.165, 1.54) is 0 Å². The van der Waals surface area contributed by atoms with E-state index in [1.54, 1.807) is 12.1 Å².